The van der Waals surface area contributed by atoms with Gasteiger partial charge in [0.05, 0.1) is 0 Å². The molecule has 236 valence electrons. The monoisotopic (exact) mass is 848 g/mol. The molecule has 0 N–H and O–H groups in total. The quantitative estimate of drug-likeness (QED) is 0.122. The predicted octanol–water partition coefficient (Wildman–Crippen LogP) is 13.4. The second-order valence-corrected chi connectivity index (χ2v) is 18.5. The fourth-order valence-electron chi connectivity index (χ4n) is 6.32. The van der Waals surface area contributed by atoms with Gasteiger partial charge in [-0.05, 0) is 113 Å². The van der Waals surface area contributed by atoms with E-state index in [2.05, 4.69) is 22.6 Å². The minimum absolute atomic E-state index is 0.240. The third-order valence-corrected chi connectivity index (χ3v) is 16.6. The minimum Gasteiger partial charge on any atom is -0.194 e. The molecule has 0 nitrogen and oxygen atoms in total. The Balaban J connectivity index is 1.60. The Labute approximate surface area is 297 Å². The first-order valence-electron chi connectivity index (χ1n) is 13.8. The van der Waals surface area contributed by atoms with Crippen molar-refractivity contribution < 1.29 is 26.3 Å². The Bertz CT molecular complexity index is 2060. The van der Waals surface area contributed by atoms with Crippen LogP contribution in [-0.4, -0.2) is 17.8 Å². The number of rotatable bonds is 4. The number of hydrogen-bond donors (Lipinski definition) is 0. The Morgan fingerprint density at radius 1 is 0.522 bits per heavy atom. The molecule has 0 bridgehead atoms. The van der Waals surface area contributed by atoms with Gasteiger partial charge in [0.25, 0.3) is 0 Å². The normalized spacial score (nSPS) is 18.8. The highest BCUT2D eigenvalue weighted by atomic mass is 127. The highest BCUT2D eigenvalue weighted by Gasteiger charge is 2.81. The van der Waals surface area contributed by atoms with Crippen molar-refractivity contribution in [2.45, 2.75) is 44.0 Å². The maximum Gasteiger partial charge on any atom is 0.380 e. The van der Waals surface area contributed by atoms with Crippen LogP contribution >= 0.6 is 90.6 Å². The van der Waals surface area contributed by atoms with Crippen molar-refractivity contribution in [1.29, 1.82) is 0 Å². The van der Waals surface area contributed by atoms with Crippen LogP contribution in [0.25, 0.3) is 30.7 Å². The molecule has 6 aromatic heterocycles. The number of allylic oxidation sites excluding steroid dienone is 2. The van der Waals surface area contributed by atoms with Gasteiger partial charge in [-0.1, -0.05) is 0 Å². The van der Waals surface area contributed by atoms with Gasteiger partial charge in [-0.3, -0.25) is 0 Å². The van der Waals surface area contributed by atoms with E-state index in [1.165, 1.54) is 80.2 Å². The highest BCUT2D eigenvalue weighted by molar-refractivity contribution is 14.1. The molecule has 0 fully saturated rings. The molecule has 6 heterocycles. The maximum atomic E-state index is 16.2. The molecule has 0 spiro atoms. The van der Waals surface area contributed by atoms with Crippen molar-refractivity contribution in [3.05, 3.63) is 109 Å². The number of alkyl halides is 6. The van der Waals surface area contributed by atoms with E-state index in [1.54, 1.807) is 0 Å². The first-order chi connectivity index (χ1) is 21.7. The second-order valence-electron chi connectivity index (χ2n) is 11.5. The van der Waals surface area contributed by atoms with E-state index in [0.29, 0.717) is 19.5 Å². The Morgan fingerprint density at radius 3 is 1.35 bits per heavy atom. The lowest BCUT2D eigenvalue weighted by Gasteiger charge is -2.34. The van der Waals surface area contributed by atoms with E-state index < -0.39 is 34.3 Å². The van der Waals surface area contributed by atoms with E-state index in [-0.39, 0.29) is 11.1 Å². The van der Waals surface area contributed by atoms with Crippen molar-refractivity contribution in [3.63, 3.8) is 0 Å². The van der Waals surface area contributed by atoms with Crippen LogP contribution in [-0.2, 0) is 5.41 Å². The molecule has 6 aromatic rings. The first-order valence-corrected chi connectivity index (χ1v) is 20.0. The fourth-order valence-corrected chi connectivity index (χ4v) is 14.5. The van der Waals surface area contributed by atoms with Gasteiger partial charge in [0.15, 0.2) is 0 Å². The molecule has 0 saturated heterocycles. The topological polar surface area (TPSA) is 0 Å². The van der Waals surface area contributed by atoms with Crippen molar-refractivity contribution in [3.8, 4) is 19.5 Å². The maximum absolute atomic E-state index is 16.2. The van der Waals surface area contributed by atoms with Gasteiger partial charge in [-0.15, -0.1) is 68.0 Å². The summed E-state index contributed by atoms with van der Waals surface area (Å²) in [5, 5.41) is 7.73. The largest absolute Gasteiger partial charge is 0.380 e. The van der Waals surface area contributed by atoms with Crippen LogP contribution in [0.4, 0.5) is 26.3 Å². The standard InChI is InChI=1S/C33H19F6IS6/c1-14-4-20(41-10-14)22-8-18-26-27(32(36,37)33(38,39)31(26,34)35)19-9-23(21-7-17(40)13-42-21)46-29(19)30(28(18)45-22,24-5-15(2)11-43-24)25-6-16(3)12-44-25/h4-13H,1-3H3. The summed E-state index contributed by atoms with van der Waals surface area (Å²) in [5.41, 5.74) is -1.51. The lowest BCUT2D eigenvalue weighted by molar-refractivity contribution is -0.254. The number of hydrogen-bond acceptors (Lipinski definition) is 6. The number of halogens is 7. The summed E-state index contributed by atoms with van der Waals surface area (Å²) in [7, 11) is 0. The summed E-state index contributed by atoms with van der Waals surface area (Å²) in [6.07, 6.45) is 0. The summed E-state index contributed by atoms with van der Waals surface area (Å²) in [4.78, 5) is 4.89. The molecule has 0 aromatic carbocycles. The molecular weight excluding hydrogens is 830 g/mol. The first kappa shape index (κ1) is 31.5. The average Bonchev–Trinajstić information content (AvgIpc) is 3.82. The predicted molar refractivity (Wildman–Crippen MR) is 191 cm³/mol. The number of aryl methyl sites for hydroxylation is 3. The molecule has 2 aliphatic rings. The van der Waals surface area contributed by atoms with Crippen LogP contribution < -0.4 is 0 Å². The lowest BCUT2D eigenvalue weighted by Crippen LogP contribution is -2.49. The zero-order valence-electron chi connectivity index (χ0n) is 23.9. The summed E-state index contributed by atoms with van der Waals surface area (Å²) in [6.45, 7) is 5.76. The van der Waals surface area contributed by atoms with Gasteiger partial charge in [0.2, 0.25) is 0 Å². The van der Waals surface area contributed by atoms with Crippen LogP contribution in [0.5, 0.6) is 0 Å². The summed E-state index contributed by atoms with van der Waals surface area (Å²) >= 11 is 10.3. The molecule has 13 heteroatoms. The molecule has 2 aliphatic carbocycles. The molecule has 0 amide bonds. The van der Waals surface area contributed by atoms with E-state index in [0.717, 1.165) is 39.8 Å². The van der Waals surface area contributed by atoms with Gasteiger partial charge in [-0.25, -0.2) is 0 Å². The van der Waals surface area contributed by atoms with Crippen LogP contribution in [0.3, 0.4) is 0 Å². The summed E-state index contributed by atoms with van der Waals surface area (Å²) in [5.74, 6) is -15.9. The van der Waals surface area contributed by atoms with Crippen molar-refractivity contribution in [1.82, 2.24) is 0 Å². The van der Waals surface area contributed by atoms with Crippen molar-refractivity contribution in [2.24, 2.45) is 0 Å². The molecule has 46 heavy (non-hydrogen) atoms. The molecule has 0 radical (unpaired) electrons. The zero-order chi connectivity index (χ0) is 32.6. The van der Waals surface area contributed by atoms with Crippen molar-refractivity contribution in [2.75, 3.05) is 0 Å². The lowest BCUT2D eigenvalue weighted by atomic mass is 9.77. The van der Waals surface area contributed by atoms with Crippen molar-refractivity contribution >= 4 is 102 Å². The summed E-state index contributed by atoms with van der Waals surface area (Å²) < 4.78 is 96.9. The molecular formula is C33H19F6IS6. The van der Waals surface area contributed by atoms with Gasteiger partial charge in [-0.2, -0.15) is 26.3 Å². The molecule has 0 saturated carbocycles. The summed E-state index contributed by atoms with van der Waals surface area (Å²) in [6, 6.07) is 10.6. The second kappa shape index (κ2) is 10.4. The third-order valence-electron chi connectivity index (χ3n) is 8.33. The molecule has 0 unspecified atom stereocenters. The molecule has 0 atom stereocenters. The Morgan fingerprint density at radius 2 is 0.957 bits per heavy atom. The van der Waals surface area contributed by atoms with Crippen LogP contribution in [0.2, 0.25) is 0 Å². The molecule has 8 rings (SSSR count). The zero-order valence-corrected chi connectivity index (χ0v) is 30.9. The van der Waals surface area contributed by atoms with Gasteiger partial charge < -0.3 is 0 Å². The number of thiophene rings is 6. The van der Waals surface area contributed by atoms with Crippen LogP contribution in [0.15, 0.2) is 57.9 Å². The highest BCUT2D eigenvalue weighted by Crippen LogP contribution is 2.71. The van der Waals surface area contributed by atoms with Gasteiger partial charge in [0.1, 0.15) is 5.41 Å². The van der Waals surface area contributed by atoms with Gasteiger partial charge >= 0.3 is 17.8 Å². The average molecular weight is 849 g/mol. The SMILES string of the molecule is Cc1csc(-c2cc3c(s2)C(c2cc(C)cs2)(c2cc(C)cs2)c2sc(-c4cc(I)cs4)cc2C2=C3C(F)(F)C(F)(F)C2(F)F)c1. The fraction of sp³-hybridized carbons (Fsp3) is 0.212. The van der Waals surface area contributed by atoms with Gasteiger partial charge in [0, 0.05) is 70.2 Å². The number of fused-ring (bicyclic) bond motifs is 4. The van der Waals surface area contributed by atoms with E-state index in [9.17, 15) is 0 Å². The Hall–Kier alpha value is -1.75. The Kier molecular flexibility index (Phi) is 7.11. The molecule has 0 aliphatic heterocycles. The van der Waals surface area contributed by atoms with E-state index >= 15 is 26.3 Å². The van der Waals surface area contributed by atoms with E-state index in [4.69, 9.17) is 0 Å². The third kappa shape index (κ3) is 4.11. The smallest absolute Gasteiger partial charge is 0.194 e. The van der Waals surface area contributed by atoms with Crippen LogP contribution in [0.1, 0.15) is 47.3 Å². The van der Waals surface area contributed by atoms with Crippen LogP contribution in [0, 0.1) is 24.3 Å². The van der Waals surface area contributed by atoms with E-state index in [1.807, 2.05) is 66.6 Å². The minimum atomic E-state index is -5.62.